The van der Waals surface area contributed by atoms with E-state index in [1.165, 1.54) is 51.5 Å². The molecule has 1 N–H and O–H groups in total. The van der Waals surface area contributed by atoms with Gasteiger partial charge >= 0.3 is 0 Å². The highest BCUT2D eigenvalue weighted by molar-refractivity contribution is 4.96. The molecule has 0 bridgehead atoms. The van der Waals surface area contributed by atoms with Crippen LogP contribution in [0.5, 0.6) is 0 Å². The van der Waals surface area contributed by atoms with E-state index in [2.05, 4.69) is 17.1 Å². The fourth-order valence-corrected chi connectivity index (χ4v) is 4.52. The van der Waals surface area contributed by atoms with Crippen LogP contribution in [0.15, 0.2) is 0 Å². The van der Waals surface area contributed by atoms with Gasteiger partial charge < -0.3 is 10.1 Å². The van der Waals surface area contributed by atoms with Crippen molar-refractivity contribution in [3.05, 3.63) is 0 Å². The number of hydrogen-bond acceptors (Lipinski definition) is 3. The predicted molar refractivity (Wildman–Crippen MR) is 78.4 cm³/mol. The SMILES string of the molecule is CCCNC1CCOCC1N1CCCC2CCCC21. The average Bonchev–Trinajstić information content (AvgIpc) is 2.94. The first-order chi connectivity index (χ1) is 9.40. The van der Waals surface area contributed by atoms with E-state index in [0.29, 0.717) is 12.1 Å². The van der Waals surface area contributed by atoms with Gasteiger partial charge in [0.15, 0.2) is 0 Å². The molecule has 3 rings (SSSR count). The quantitative estimate of drug-likeness (QED) is 0.845. The Morgan fingerprint density at radius 2 is 2.00 bits per heavy atom. The minimum atomic E-state index is 0.631. The van der Waals surface area contributed by atoms with E-state index in [-0.39, 0.29) is 0 Å². The topological polar surface area (TPSA) is 24.5 Å². The zero-order valence-corrected chi connectivity index (χ0v) is 12.4. The molecule has 0 aromatic carbocycles. The average molecular weight is 266 g/mol. The predicted octanol–water partition coefficient (Wildman–Crippen LogP) is 2.41. The minimum Gasteiger partial charge on any atom is -0.380 e. The summed E-state index contributed by atoms with van der Waals surface area (Å²) in [7, 11) is 0. The van der Waals surface area contributed by atoms with Gasteiger partial charge in [-0.25, -0.2) is 0 Å². The van der Waals surface area contributed by atoms with E-state index in [1.54, 1.807) is 0 Å². The fourth-order valence-electron chi connectivity index (χ4n) is 4.52. The Morgan fingerprint density at radius 1 is 1.11 bits per heavy atom. The number of fused-ring (bicyclic) bond motifs is 1. The van der Waals surface area contributed by atoms with E-state index in [4.69, 9.17) is 4.74 Å². The molecule has 3 aliphatic rings. The van der Waals surface area contributed by atoms with Crippen molar-refractivity contribution >= 4 is 0 Å². The Kier molecular flexibility index (Phi) is 4.78. The third kappa shape index (κ3) is 2.98. The number of rotatable bonds is 4. The molecule has 1 saturated carbocycles. The molecule has 0 radical (unpaired) electrons. The zero-order chi connectivity index (χ0) is 13.1. The Bertz CT molecular complexity index is 284. The summed E-state index contributed by atoms with van der Waals surface area (Å²) < 4.78 is 5.81. The summed E-state index contributed by atoms with van der Waals surface area (Å²) in [6.07, 6.45) is 9.66. The smallest absolute Gasteiger partial charge is 0.0637 e. The lowest BCUT2D eigenvalue weighted by atomic mass is 9.88. The fraction of sp³-hybridized carbons (Fsp3) is 1.00. The molecule has 0 aromatic heterocycles. The number of piperidine rings is 1. The highest BCUT2D eigenvalue weighted by atomic mass is 16.5. The molecule has 1 aliphatic carbocycles. The third-order valence-corrected chi connectivity index (χ3v) is 5.44. The number of likely N-dealkylation sites (tertiary alicyclic amines) is 1. The number of ether oxygens (including phenoxy) is 1. The van der Waals surface area contributed by atoms with E-state index in [0.717, 1.165) is 31.7 Å². The van der Waals surface area contributed by atoms with Crippen LogP contribution in [0.25, 0.3) is 0 Å². The lowest BCUT2D eigenvalue weighted by Gasteiger charge is -2.47. The highest BCUT2D eigenvalue weighted by Gasteiger charge is 2.41. The Morgan fingerprint density at radius 3 is 2.89 bits per heavy atom. The molecular formula is C16H30N2O. The van der Waals surface area contributed by atoms with Crippen molar-refractivity contribution in [2.45, 2.75) is 70.0 Å². The van der Waals surface area contributed by atoms with Gasteiger partial charge in [0.25, 0.3) is 0 Å². The largest absolute Gasteiger partial charge is 0.380 e. The van der Waals surface area contributed by atoms with Gasteiger partial charge in [-0.1, -0.05) is 13.3 Å². The first kappa shape index (κ1) is 13.8. The van der Waals surface area contributed by atoms with E-state index in [1.807, 2.05) is 0 Å². The van der Waals surface area contributed by atoms with Crippen LogP contribution in [0.2, 0.25) is 0 Å². The molecule has 3 heteroatoms. The van der Waals surface area contributed by atoms with Gasteiger partial charge in [0, 0.05) is 24.7 Å². The van der Waals surface area contributed by atoms with Gasteiger partial charge in [-0.3, -0.25) is 4.90 Å². The van der Waals surface area contributed by atoms with Crippen LogP contribution in [0.4, 0.5) is 0 Å². The number of nitrogens with zero attached hydrogens (tertiary/aromatic N) is 1. The van der Waals surface area contributed by atoms with Crippen LogP contribution < -0.4 is 5.32 Å². The minimum absolute atomic E-state index is 0.631. The molecular weight excluding hydrogens is 236 g/mol. The lowest BCUT2D eigenvalue weighted by Crippen LogP contribution is -2.60. The summed E-state index contributed by atoms with van der Waals surface area (Å²) in [6, 6.07) is 2.16. The molecule has 19 heavy (non-hydrogen) atoms. The molecule has 3 fully saturated rings. The second-order valence-corrected chi connectivity index (χ2v) is 6.63. The van der Waals surface area contributed by atoms with Crippen LogP contribution >= 0.6 is 0 Å². The zero-order valence-electron chi connectivity index (χ0n) is 12.4. The van der Waals surface area contributed by atoms with Gasteiger partial charge in [0.1, 0.15) is 0 Å². The maximum absolute atomic E-state index is 5.81. The van der Waals surface area contributed by atoms with Crippen molar-refractivity contribution in [1.29, 1.82) is 0 Å². The van der Waals surface area contributed by atoms with E-state index < -0.39 is 0 Å². The maximum Gasteiger partial charge on any atom is 0.0637 e. The normalized spacial score (nSPS) is 40.3. The Hall–Kier alpha value is -0.120. The second-order valence-electron chi connectivity index (χ2n) is 6.63. The molecule has 4 unspecified atom stereocenters. The van der Waals surface area contributed by atoms with Crippen molar-refractivity contribution in [1.82, 2.24) is 10.2 Å². The molecule has 0 spiro atoms. The first-order valence-electron chi connectivity index (χ1n) is 8.47. The summed E-state index contributed by atoms with van der Waals surface area (Å²) >= 11 is 0. The Labute approximate surface area is 118 Å². The highest BCUT2D eigenvalue weighted by Crippen LogP contribution is 2.38. The summed E-state index contributed by atoms with van der Waals surface area (Å²) in [5.74, 6) is 0.988. The molecule has 0 amide bonds. The summed E-state index contributed by atoms with van der Waals surface area (Å²) in [5.41, 5.74) is 0. The van der Waals surface area contributed by atoms with Gasteiger partial charge in [-0.15, -0.1) is 0 Å². The molecule has 2 heterocycles. The third-order valence-electron chi connectivity index (χ3n) is 5.44. The summed E-state index contributed by atoms with van der Waals surface area (Å²) in [5, 5.41) is 3.78. The van der Waals surface area contributed by atoms with E-state index >= 15 is 0 Å². The van der Waals surface area contributed by atoms with Crippen LogP contribution in [-0.2, 0) is 4.74 Å². The number of hydrogen-bond donors (Lipinski definition) is 1. The second kappa shape index (κ2) is 6.55. The standard InChI is InChI=1S/C16H30N2O/c1-2-9-17-14-8-11-19-12-16(14)18-10-4-6-13-5-3-7-15(13)18/h13-17H,2-12H2,1H3. The van der Waals surface area contributed by atoms with Crippen molar-refractivity contribution in [2.24, 2.45) is 5.92 Å². The first-order valence-corrected chi connectivity index (χ1v) is 8.47. The summed E-state index contributed by atoms with van der Waals surface area (Å²) in [4.78, 5) is 2.83. The van der Waals surface area contributed by atoms with E-state index in [9.17, 15) is 0 Å². The van der Waals surface area contributed by atoms with Crippen molar-refractivity contribution in [2.75, 3.05) is 26.3 Å². The Balaban J connectivity index is 1.66. The van der Waals surface area contributed by atoms with Crippen LogP contribution in [0.3, 0.4) is 0 Å². The molecule has 3 nitrogen and oxygen atoms in total. The maximum atomic E-state index is 5.81. The molecule has 2 aliphatic heterocycles. The summed E-state index contributed by atoms with van der Waals surface area (Å²) in [6.45, 7) is 6.61. The van der Waals surface area contributed by atoms with Gasteiger partial charge in [-0.05, 0) is 57.5 Å². The van der Waals surface area contributed by atoms with Crippen LogP contribution in [0.1, 0.15) is 51.9 Å². The van der Waals surface area contributed by atoms with Crippen molar-refractivity contribution in [3.63, 3.8) is 0 Å². The monoisotopic (exact) mass is 266 g/mol. The molecule has 4 atom stereocenters. The van der Waals surface area contributed by atoms with Crippen LogP contribution in [-0.4, -0.2) is 49.3 Å². The number of nitrogens with one attached hydrogen (secondary N) is 1. The van der Waals surface area contributed by atoms with Gasteiger partial charge in [-0.2, -0.15) is 0 Å². The lowest BCUT2D eigenvalue weighted by molar-refractivity contribution is -0.0380. The molecule has 2 saturated heterocycles. The molecule has 110 valence electrons. The van der Waals surface area contributed by atoms with Crippen LogP contribution in [0, 0.1) is 5.92 Å². The van der Waals surface area contributed by atoms with Crippen molar-refractivity contribution in [3.8, 4) is 0 Å². The van der Waals surface area contributed by atoms with Gasteiger partial charge in [0.05, 0.1) is 6.61 Å². The van der Waals surface area contributed by atoms with Crippen molar-refractivity contribution < 1.29 is 4.74 Å². The molecule has 0 aromatic rings. The van der Waals surface area contributed by atoms with Gasteiger partial charge in [0.2, 0.25) is 0 Å².